The maximum atomic E-state index is 11.7. The molecule has 0 amide bonds. The number of hydrogen-bond donors (Lipinski definition) is 1. The minimum Gasteiger partial charge on any atom is -0.480 e. The van der Waals surface area contributed by atoms with Crippen LogP contribution < -0.4 is 0 Å². The van der Waals surface area contributed by atoms with E-state index in [1.54, 1.807) is 0 Å². The van der Waals surface area contributed by atoms with Crippen LogP contribution in [0.25, 0.3) is 33.6 Å². The lowest BCUT2D eigenvalue weighted by Crippen LogP contribution is -2.44. The van der Waals surface area contributed by atoms with Crippen molar-refractivity contribution in [2.24, 2.45) is 0 Å². The van der Waals surface area contributed by atoms with E-state index >= 15 is 0 Å². The number of aliphatic carboxylic acids is 1. The molecule has 3 heterocycles. The Bertz CT molecular complexity index is 1310. The van der Waals surface area contributed by atoms with Crippen molar-refractivity contribution in [1.29, 1.82) is 0 Å². The van der Waals surface area contributed by atoms with E-state index in [1.807, 2.05) is 30.0 Å². The second kappa shape index (κ2) is 8.83. The maximum absolute atomic E-state index is 11.7. The van der Waals surface area contributed by atoms with Gasteiger partial charge in [0.25, 0.3) is 0 Å². The van der Waals surface area contributed by atoms with Crippen LogP contribution in [-0.2, 0) is 11.3 Å². The summed E-state index contributed by atoms with van der Waals surface area (Å²) in [5.74, 6) is 0.0567. The third kappa shape index (κ3) is 4.16. The number of piperidine rings is 1. The molecule has 1 N–H and O–H groups in total. The number of aromatic nitrogens is 1. The molecule has 5 rings (SSSR count). The van der Waals surface area contributed by atoms with Crippen LogP contribution in [0, 0.1) is 13.8 Å². The van der Waals surface area contributed by atoms with Gasteiger partial charge in [0.1, 0.15) is 17.3 Å². The van der Waals surface area contributed by atoms with Crippen molar-refractivity contribution in [3.8, 4) is 22.5 Å². The number of benzene rings is 2. The van der Waals surface area contributed by atoms with E-state index in [4.69, 9.17) is 9.40 Å². The van der Waals surface area contributed by atoms with Gasteiger partial charge in [-0.15, -0.1) is 0 Å². The zero-order valence-electron chi connectivity index (χ0n) is 19.0. The number of aryl methyl sites for hydroxylation is 1. The van der Waals surface area contributed by atoms with Crippen molar-refractivity contribution >= 4 is 17.1 Å². The lowest BCUT2D eigenvalue weighted by Gasteiger charge is -2.32. The molecule has 2 aromatic carbocycles. The number of carbonyl (C=O) groups is 1. The molecule has 1 aliphatic heterocycles. The molecule has 5 nitrogen and oxygen atoms in total. The van der Waals surface area contributed by atoms with Gasteiger partial charge in [0.05, 0.1) is 5.69 Å². The van der Waals surface area contributed by atoms with Gasteiger partial charge in [0.2, 0.25) is 0 Å². The van der Waals surface area contributed by atoms with E-state index in [2.05, 4.69) is 49.4 Å². The summed E-state index contributed by atoms with van der Waals surface area (Å²) in [6, 6.07) is 20.2. The molecule has 0 saturated carbocycles. The van der Waals surface area contributed by atoms with E-state index in [9.17, 15) is 9.90 Å². The van der Waals surface area contributed by atoms with Crippen molar-refractivity contribution in [3.63, 3.8) is 0 Å². The summed E-state index contributed by atoms with van der Waals surface area (Å²) in [5.41, 5.74) is 8.08. The second-order valence-corrected chi connectivity index (χ2v) is 8.92. The van der Waals surface area contributed by atoms with Gasteiger partial charge in [0.15, 0.2) is 5.58 Å². The third-order valence-corrected chi connectivity index (χ3v) is 6.67. The summed E-state index contributed by atoms with van der Waals surface area (Å²) in [4.78, 5) is 18.6. The Kier molecular flexibility index (Phi) is 5.73. The Hall–Kier alpha value is -3.44. The first-order valence-corrected chi connectivity index (χ1v) is 11.5. The van der Waals surface area contributed by atoms with Gasteiger partial charge in [0, 0.05) is 18.2 Å². The molecule has 0 bridgehead atoms. The molecule has 5 heteroatoms. The number of hydrogen-bond acceptors (Lipinski definition) is 4. The number of fused-ring (bicyclic) bond motifs is 1. The third-order valence-electron chi connectivity index (χ3n) is 6.67. The summed E-state index contributed by atoms with van der Waals surface area (Å²) in [7, 11) is 0. The summed E-state index contributed by atoms with van der Waals surface area (Å²) in [6.45, 7) is 5.48. The number of furan rings is 1. The van der Waals surface area contributed by atoms with Crippen LogP contribution in [0.4, 0.5) is 0 Å². The van der Waals surface area contributed by atoms with Crippen molar-refractivity contribution in [2.75, 3.05) is 6.54 Å². The first-order chi connectivity index (χ1) is 16.0. The summed E-state index contributed by atoms with van der Waals surface area (Å²) in [6.07, 6.45) is 2.69. The zero-order valence-corrected chi connectivity index (χ0v) is 19.0. The molecular formula is C28H28N2O3. The number of carboxylic acid groups (broad SMARTS) is 1. The SMILES string of the molecule is Cc1c(-c2ccccc2)cccc1-c1cc2nc(CN3CCCC[C@H]3C(=O)O)cc(C)c2o1. The molecule has 0 radical (unpaired) electrons. The molecule has 2 aromatic heterocycles. The molecule has 33 heavy (non-hydrogen) atoms. The Morgan fingerprint density at radius 1 is 1.06 bits per heavy atom. The average molecular weight is 441 g/mol. The van der Waals surface area contributed by atoms with Gasteiger partial charge in [-0.05, 0) is 61.6 Å². The van der Waals surface area contributed by atoms with Crippen molar-refractivity contribution < 1.29 is 14.3 Å². The number of pyridine rings is 1. The van der Waals surface area contributed by atoms with Gasteiger partial charge in [-0.2, -0.15) is 0 Å². The van der Waals surface area contributed by atoms with Gasteiger partial charge < -0.3 is 9.52 Å². The largest absolute Gasteiger partial charge is 0.480 e. The summed E-state index contributed by atoms with van der Waals surface area (Å²) in [5, 5.41) is 9.60. The smallest absolute Gasteiger partial charge is 0.320 e. The predicted molar refractivity (Wildman–Crippen MR) is 130 cm³/mol. The quantitative estimate of drug-likeness (QED) is 0.399. The lowest BCUT2D eigenvalue weighted by atomic mass is 9.95. The van der Waals surface area contributed by atoms with E-state index in [-0.39, 0.29) is 0 Å². The fourth-order valence-electron chi connectivity index (χ4n) is 4.96. The molecule has 168 valence electrons. The van der Waals surface area contributed by atoms with E-state index < -0.39 is 12.0 Å². The van der Waals surface area contributed by atoms with Gasteiger partial charge in [-0.25, -0.2) is 4.98 Å². The highest BCUT2D eigenvalue weighted by Crippen LogP contribution is 2.35. The van der Waals surface area contributed by atoms with Crippen LogP contribution in [0.3, 0.4) is 0 Å². The highest BCUT2D eigenvalue weighted by Gasteiger charge is 2.28. The monoisotopic (exact) mass is 440 g/mol. The highest BCUT2D eigenvalue weighted by molar-refractivity contribution is 5.84. The molecule has 1 aliphatic rings. The minimum atomic E-state index is -0.744. The Morgan fingerprint density at radius 2 is 1.85 bits per heavy atom. The molecule has 0 aliphatic carbocycles. The molecule has 4 aromatic rings. The van der Waals surface area contributed by atoms with E-state index in [0.29, 0.717) is 13.0 Å². The van der Waals surface area contributed by atoms with Crippen LogP contribution in [0.1, 0.15) is 36.1 Å². The lowest BCUT2D eigenvalue weighted by molar-refractivity contribution is -0.144. The fraction of sp³-hybridized carbons (Fsp3) is 0.286. The first-order valence-electron chi connectivity index (χ1n) is 11.5. The van der Waals surface area contributed by atoms with Gasteiger partial charge >= 0.3 is 5.97 Å². The molecule has 1 fully saturated rings. The molecule has 0 spiro atoms. The van der Waals surface area contributed by atoms with Crippen LogP contribution >= 0.6 is 0 Å². The number of rotatable bonds is 5. The number of likely N-dealkylation sites (tertiary alicyclic amines) is 1. The second-order valence-electron chi connectivity index (χ2n) is 8.92. The first kappa shape index (κ1) is 21.4. The zero-order chi connectivity index (χ0) is 22.9. The van der Waals surface area contributed by atoms with Crippen LogP contribution in [0.15, 0.2) is 65.1 Å². The van der Waals surface area contributed by atoms with Crippen LogP contribution in [0.2, 0.25) is 0 Å². The molecule has 1 atom stereocenters. The highest BCUT2D eigenvalue weighted by atomic mass is 16.4. The van der Waals surface area contributed by atoms with Crippen molar-refractivity contribution in [3.05, 3.63) is 77.5 Å². The molecular weight excluding hydrogens is 412 g/mol. The standard InChI is InChI=1S/C28H28N2O3/c1-18-15-21(17-30-14-7-6-13-25(30)28(31)32)29-24-16-26(33-27(18)24)23-12-8-11-22(19(23)2)20-9-4-3-5-10-20/h3-5,8-12,15-16,25H,6-7,13-14,17H2,1-2H3,(H,31,32)/t25-/m0/s1. The van der Waals surface area contributed by atoms with Crippen LogP contribution in [-0.4, -0.2) is 33.5 Å². The molecule has 0 unspecified atom stereocenters. The summed E-state index contributed by atoms with van der Waals surface area (Å²) < 4.78 is 6.29. The normalized spacial score (nSPS) is 16.8. The fourth-order valence-corrected chi connectivity index (χ4v) is 4.96. The maximum Gasteiger partial charge on any atom is 0.320 e. The Balaban J connectivity index is 1.50. The minimum absolute atomic E-state index is 0.431. The molecule has 1 saturated heterocycles. The van der Waals surface area contributed by atoms with E-state index in [0.717, 1.165) is 53.1 Å². The Labute approximate surface area is 193 Å². The van der Waals surface area contributed by atoms with Gasteiger partial charge in [-0.1, -0.05) is 55.0 Å². The Morgan fingerprint density at radius 3 is 2.64 bits per heavy atom. The van der Waals surface area contributed by atoms with Crippen LogP contribution in [0.5, 0.6) is 0 Å². The summed E-state index contributed by atoms with van der Waals surface area (Å²) >= 11 is 0. The topological polar surface area (TPSA) is 66.6 Å². The van der Waals surface area contributed by atoms with E-state index in [1.165, 1.54) is 16.7 Å². The number of nitrogens with zero attached hydrogens (tertiary/aromatic N) is 2. The van der Waals surface area contributed by atoms with Crippen molar-refractivity contribution in [2.45, 2.75) is 45.7 Å². The number of carboxylic acids is 1. The average Bonchev–Trinajstić information content (AvgIpc) is 3.24. The predicted octanol–water partition coefficient (Wildman–Crippen LogP) is 6.22. The van der Waals surface area contributed by atoms with Crippen molar-refractivity contribution in [1.82, 2.24) is 9.88 Å². The van der Waals surface area contributed by atoms with Gasteiger partial charge in [-0.3, -0.25) is 9.69 Å².